The lowest BCUT2D eigenvalue weighted by Crippen LogP contribution is -2.35. The molecule has 0 saturated heterocycles. The number of carbonyl (C=O) groups is 1. The second-order valence-electron chi connectivity index (χ2n) is 5.98. The lowest BCUT2D eigenvalue weighted by Gasteiger charge is -2.17. The van der Waals surface area contributed by atoms with Crippen molar-refractivity contribution < 1.29 is 18.7 Å². The van der Waals surface area contributed by atoms with Gasteiger partial charge in [0.15, 0.2) is 0 Å². The molecule has 126 valence electrons. The SMILES string of the molecule is CCC(C)C(O)CNC(=O)c1cnn(CC(C)C)c1C(F)F. The fraction of sp³-hybridized carbons (Fsp3) is 0.733. The number of amides is 1. The highest BCUT2D eigenvalue weighted by Gasteiger charge is 2.25. The largest absolute Gasteiger partial charge is 0.391 e. The Bertz CT molecular complexity index is 489. The lowest BCUT2D eigenvalue weighted by atomic mass is 10.0. The molecule has 0 spiro atoms. The van der Waals surface area contributed by atoms with Gasteiger partial charge in [-0.3, -0.25) is 9.48 Å². The van der Waals surface area contributed by atoms with Gasteiger partial charge in [-0.1, -0.05) is 34.1 Å². The van der Waals surface area contributed by atoms with Crippen molar-refractivity contribution >= 4 is 5.91 Å². The molecule has 22 heavy (non-hydrogen) atoms. The minimum absolute atomic E-state index is 0.0264. The molecule has 0 saturated carbocycles. The van der Waals surface area contributed by atoms with E-state index in [0.717, 1.165) is 12.6 Å². The minimum Gasteiger partial charge on any atom is -0.391 e. The lowest BCUT2D eigenvalue weighted by molar-refractivity contribution is 0.0838. The Balaban J connectivity index is 2.83. The number of halogens is 2. The van der Waals surface area contributed by atoms with Crippen molar-refractivity contribution in [1.82, 2.24) is 15.1 Å². The predicted octanol–water partition coefficient (Wildman–Crippen LogP) is 2.61. The predicted molar refractivity (Wildman–Crippen MR) is 79.8 cm³/mol. The average Bonchev–Trinajstić information content (AvgIpc) is 2.86. The number of nitrogens with one attached hydrogen (secondary N) is 1. The van der Waals surface area contributed by atoms with Crippen LogP contribution in [0.5, 0.6) is 0 Å². The van der Waals surface area contributed by atoms with E-state index in [1.54, 1.807) is 0 Å². The smallest absolute Gasteiger partial charge is 0.280 e. The Morgan fingerprint density at radius 2 is 2.05 bits per heavy atom. The maximum absolute atomic E-state index is 13.2. The van der Waals surface area contributed by atoms with Gasteiger partial charge in [0, 0.05) is 13.1 Å². The summed E-state index contributed by atoms with van der Waals surface area (Å²) in [5.41, 5.74) is -0.503. The monoisotopic (exact) mass is 317 g/mol. The van der Waals surface area contributed by atoms with Crippen molar-refractivity contribution in [3.8, 4) is 0 Å². The molecule has 1 rings (SSSR count). The Hall–Kier alpha value is -1.50. The zero-order valence-electron chi connectivity index (χ0n) is 13.5. The van der Waals surface area contributed by atoms with E-state index in [4.69, 9.17) is 0 Å². The van der Waals surface area contributed by atoms with Gasteiger partial charge < -0.3 is 10.4 Å². The summed E-state index contributed by atoms with van der Waals surface area (Å²) < 4.78 is 27.6. The van der Waals surface area contributed by atoms with E-state index in [0.29, 0.717) is 6.54 Å². The molecule has 0 aliphatic rings. The summed E-state index contributed by atoms with van der Waals surface area (Å²) in [6, 6.07) is 0. The van der Waals surface area contributed by atoms with E-state index >= 15 is 0 Å². The van der Waals surface area contributed by atoms with Crippen molar-refractivity contribution in [1.29, 1.82) is 0 Å². The van der Waals surface area contributed by atoms with Crippen molar-refractivity contribution in [2.75, 3.05) is 6.54 Å². The second-order valence-corrected chi connectivity index (χ2v) is 5.98. The van der Waals surface area contributed by atoms with Crippen LogP contribution in [-0.4, -0.2) is 33.4 Å². The van der Waals surface area contributed by atoms with Gasteiger partial charge in [0.2, 0.25) is 0 Å². The molecule has 0 fully saturated rings. The Morgan fingerprint density at radius 3 is 2.55 bits per heavy atom. The van der Waals surface area contributed by atoms with E-state index in [-0.39, 0.29) is 29.6 Å². The molecule has 1 heterocycles. The third-order valence-electron chi connectivity index (χ3n) is 3.64. The highest BCUT2D eigenvalue weighted by molar-refractivity contribution is 5.95. The Kier molecular flexibility index (Phi) is 6.93. The maximum atomic E-state index is 13.2. The first-order valence-electron chi connectivity index (χ1n) is 7.57. The van der Waals surface area contributed by atoms with Crippen LogP contribution in [0.2, 0.25) is 0 Å². The number of aliphatic hydroxyl groups excluding tert-OH is 1. The van der Waals surface area contributed by atoms with E-state index in [9.17, 15) is 18.7 Å². The molecular formula is C15H25F2N3O2. The fourth-order valence-corrected chi connectivity index (χ4v) is 2.06. The van der Waals surface area contributed by atoms with Gasteiger partial charge in [0.05, 0.1) is 17.9 Å². The summed E-state index contributed by atoms with van der Waals surface area (Å²) in [4.78, 5) is 12.1. The van der Waals surface area contributed by atoms with E-state index in [1.807, 2.05) is 27.7 Å². The summed E-state index contributed by atoms with van der Waals surface area (Å²) in [5.74, 6) is -0.466. The molecular weight excluding hydrogens is 292 g/mol. The van der Waals surface area contributed by atoms with Crippen molar-refractivity contribution in [3.63, 3.8) is 0 Å². The molecule has 2 unspecified atom stereocenters. The number of hydrogen-bond donors (Lipinski definition) is 2. The van der Waals surface area contributed by atoms with Gasteiger partial charge in [-0.25, -0.2) is 8.78 Å². The molecule has 0 aromatic carbocycles. The quantitative estimate of drug-likeness (QED) is 0.774. The summed E-state index contributed by atoms with van der Waals surface area (Å²) in [6.07, 6.45) is -1.54. The molecule has 0 bridgehead atoms. The number of aliphatic hydroxyl groups is 1. The van der Waals surface area contributed by atoms with Gasteiger partial charge in [-0.05, 0) is 11.8 Å². The van der Waals surface area contributed by atoms with Gasteiger partial charge in [-0.2, -0.15) is 5.10 Å². The number of rotatable bonds is 8. The maximum Gasteiger partial charge on any atom is 0.280 e. The van der Waals surface area contributed by atoms with Crippen LogP contribution in [0.3, 0.4) is 0 Å². The van der Waals surface area contributed by atoms with Crippen LogP contribution >= 0.6 is 0 Å². The highest BCUT2D eigenvalue weighted by Crippen LogP contribution is 2.23. The molecule has 2 atom stereocenters. The molecule has 0 aliphatic carbocycles. The van der Waals surface area contributed by atoms with Gasteiger partial charge in [0.1, 0.15) is 5.69 Å². The summed E-state index contributed by atoms with van der Waals surface area (Å²) in [7, 11) is 0. The number of carbonyl (C=O) groups excluding carboxylic acids is 1. The number of hydrogen-bond acceptors (Lipinski definition) is 3. The molecule has 0 aliphatic heterocycles. The standard InChI is InChI=1S/C15H25F2N3O2/c1-5-10(4)12(21)7-18-15(22)11-6-19-20(8-9(2)3)13(11)14(16)17/h6,9-10,12,14,21H,5,7-8H2,1-4H3,(H,18,22). The summed E-state index contributed by atoms with van der Waals surface area (Å²) in [6.45, 7) is 7.93. The Labute approximate surface area is 129 Å². The first kappa shape index (κ1) is 18.5. The van der Waals surface area contributed by atoms with E-state index in [1.165, 1.54) is 4.68 Å². The van der Waals surface area contributed by atoms with Gasteiger partial charge in [0.25, 0.3) is 12.3 Å². The van der Waals surface area contributed by atoms with Gasteiger partial charge >= 0.3 is 0 Å². The van der Waals surface area contributed by atoms with Gasteiger partial charge in [-0.15, -0.1) is 0 Å². The normalized spacial score (nSPS) is 14.4. The minimum atomic E-state index is -2.78. The molecule has 1 amide bonds. The highest BCUT2D eigenvalue weighted by atomic mass is 19.3. The van der Waals surface area contributed by atoms with Crippen LogP contribution in [0.25, 0.3) is 0 Å². The van der Waals surface area contributed by atoms with Crippen LogP contribution < -0.4 is 5.32 Å². The first-order chi connectivity index (χ1) is 10.3. The van der Waals surface area contributed by atoms with Crippen molar-refractivity contribution in [3.05, 3.63) is 17.5 Å². The number of alkyl halides is 2. The molecule has 5 nitrogen and oxygen atoms in total. The number of nitrogens with zero attached hydrogens (tertiary/aromatic N) is 2. The van der Waals surface area contributed by atoms with Crippen molar-refractivity contribution in [2.24, 2.45) is 11.8 Å². The topological polar surface area (TPSA) is 67.2 Å². The van der Waals surface area contributed by atoms with Crippen LogP contribution in [0.1, 0.15) is 56.6 Å². The molecule has 1 aromatic rings. The fourth-order valence-electron chi connectivity index (χ4n) is 2.06. The third kappa shape index (κ3) is 4.76. The van der Waals surface area contributed by atoms with Crippen LogP contribution in [0.4, 0.5) is 8.78 Å². The third-order valence-corrected chi connectivity index (χ3v) is 3.64. The first-order valence-corrected chi connectivity index (χ1v) is 7.57. The number of aromatic nitrogens is 2. The van der Waals surface area contributed by atoms with Crippen molar-refractivity contribution in [2.45, 2.75) is 53.2 Å². The summed E-state index contributed by atoms with van der Waals surface area (Å²) >= 11 is 0. The zero-order chi connectivity index (χ0) is 16.9. The molecule has 1 aromatic heterocycles. The van der Waals surface area contributed by atoms with E-state index in [2.05, 4.69) is 10.4 Å². The summed E-state index contributed by atoms with van der Waals surface area (Å²) in [5, 5.41) is 16.2. The van der Waals surface area contributed by atoms with Crippen LogP contribution in [0.15, 0.2) is 6.20 Å². The van der Waals surface area contributed by atoms with E-state index < -0.39 is 18.4 Å². The average molecular weight is 317 g/mol. The zero-order valence-corrected chi connectivity index (χ0v) is 13.5. The molecule has 0 radical (unpaired) electrons. The van der Waals surface area contributed by atoms with Crippen LogP contribution in [0, 0.1) is 11.8 Å². The molecule has 2 N–H and O–H groups in total. The van der Waals surface area contributed by atoms with Crippen LogP contribution in [-0.2, 0) is 6.54 Å². The second kappa shape index (κ2) is 8.22. The molecule has 7 heteroatoms. The Morgan fingerprint density at radius 1 is 1.41 bits per heavy atom.